The Kier molecular flexibility index (Phi) is 4.55. The summed E-state index contributed by atoms with van der Waals surface area (Å²) in [7, 11) is 0. The van der Waals surface area contributed by atoms with Crippen LogP contribution >= 0.6 is 0 Å². The molecule has 2 aliphatic rings. The lowest BCUT2D eigenvalue weighted by Crippen LogP contribution is -2.44. The number of carboxylic acids is 1. The number of aromatic carboxylic acids is 1. The largest absolute Gasteiger partial charge is 0.478 e. The number of amides is 2. The first-order valence-corrected chi connectivity index (χ1v) is 8.39. The molecule has 1 saturated carbocycles. The minimum Gasteiger partial charge on any atom is -0.478 e. The van der Waals surface area contributed by atoms with Crippen LogP contribution in [-0.2, 0) is 9.59 Å². The molecule has 1 heterocycles. The summed E-state index contributed by atoms with van der Waals surface area (Å²) in [5, 5.41) is 11.9. The van der Waals surface area contributed by atoms with Gasteiger partial charge in [-0.05, 0) is 50.3 Å². The molecule has 6 nitrogen and oxygen atoms in total. The second-order valence-corrected chi connectivity index (χ2v) is 6.72. The van der Waals surface area contributed by atoms with E-state index in [0.717, 1.165) is 37.8 Å². The molecule has 0 radical (unpaired) electrons. The maximum Gasteiger partial charge on any atom is 0.335 e. The molecule has 1 aromatic carbocycles. The topological polar surface area (TPSA) is 86.7 Å². The number of carboxylic acid groups (broad SMARTS) is 1. The van der Waals surface area contributed by atoms with Crippen LogP contribution in [-0.4, -0.2) is 40.9 Å². The van der Waals surface area contributed by atoms with E-state index in [-0.39, 0.29) is 29.2 Å². The smallest absolute Gasteiger partial charge is 0.335 e. The van der Waals surface area contributed by atoms with E-state index in [9.17, 15) is 14.4 Å². The number of carbonyl (C=O) groups excluding carboxylic acids is 2. The molecular formula is C18H22N2O4. The van der Waals surface area contributed by atoms with Gasteiger partial charge >= 0.3 is 5.97 Å². The number of piperidine rings is 1. The first kappa shape index (κ1) is 16.5. The Labute approximate surface area is 140 Å². The van der Waals surface area contributed by atoms with E-state index in [4.69, 9.17) is 5.11 Å². The lowest BCUT2D eigenvalue weighted by molar-refractivity contribution is -0.135. The van der Waals surface area contributed by atoms with Crippen LogP contribution in [0.5, 0.6) is 0 Å². The highest BCUT2D eigenvalue weighted by molar-refractivity contribution is 5.96. The van der Waals surface area contributed by atoms with Gasteiger partial charge in [-0.15, -0.1) is 0 Å². The summed E-state index contributed by atoms with van der Waals surface area (Å²) < 4.78 is 0. The first-order chi connectivity index (χ1) is 11.5. The van der Waals surface area contributed by atoms with Gasteiger partial charge in [0.05, 0.1) is 11.5 Å². The van der Waals surface area contributed by atoms with E-state index >= 15 is 0 Å². The second-order valence-electron chi connectivity index (χ2n) is 6.72. The van der Waals surface area contributed by atoms with Crippen molar-refractivity contribution in [3.63, 3.8) is 0 Å². The number of rotatable bonds is 4. The van der Waals surface area contributed by atoms with E-state index in [0.29, 0.717) is 12.2 Å². The Hall–Kier alpha value is -2.37. The zero-order chi connectivity index (χ0) is 17.3. The SMILES string of the molecule is Cc1ccc(C(=O)O)cc1NC(=O)C1CCCN(C(=O)C2CC2)C1. The summed E-state index contributed by atoms with van der Waals surface area (Å²) >= 11 is 0. The third-order valence-electron chi connectivity index (χ3n) is 4.77. The summed E-state index contributed by atoms with van der Waals surface area (Å²) in [6.45, 7) is 3.01. The maximum atomic E-state index is 12.6. The van der Waals surface area contributed by atoms with Crippen molar-refractivity contribution in [2.45, 2.75) is 32.6 Å². The van der Waals surface area contributed by atoms with Gasteiger partial charge in [-0.25, -0.2) is 4.79 Å². The molecule has 1 aromatic rings. The number of anilines is 1. The minimum absolute atomic E-state index is 0.144. The van der Waals surface area contributed by atoms with Crippen LogP contribution in [0.1, 0.15) is 41.6 Å². The van der Waals surface area contributed by atoms with Crippen LogP contribution in [0.2, 0.25) is 0 Å². The maximum absolute atomic E-state index is 12.6. The summed E-state index contributed by atoms with van der Waals surface area (Å²) in [6.07, 6.45) is 3.50. The van der Waals surface area contributed by atoms with Crippen LogP contribution in [0.4, 0.5) is 5.69 Å². The Morgan fingerprint density at radius 1 is 1.17 bits per heavy atom. The zero-order valence-corrected chi connectivity index (χ0v) is 13.7. The monoisotopic (exact) mass is 330 g/mol. The molecule has 0 aromatic heterocycles. The predicted molar refractivity (Wildman–Crippen MR) is 88.8 cm³/mol. The second kappa shape index (κ2) is 6.63. The van der Waals surface area contributed by atoms with Gasteiger partial charge in [-0.1, -0.05) is 6.07 Å². The summed E-state index contributed by atoms with van der Waals surface area (Å²) in [6, 6.07) is 4.68. The van der Waals surface area contributed by atoms with Crippen molar-refractivity contribution < 1.29 is 19.5 Å². The average Bonchev–Trinajstić information content (AvgIpc) is 3.41. The molecule has 24 heavy (non-hydrogen) atoms. The number of carbonyl (C=O) groups is 3. The van der Waals surface area contributed by atoms with Crippen molar-refractivity contribution in [1.29, 1.82) is 0 Å². The van der Waals surface area contributed by atoms with E-state index in [2.05, 4.69) is 5.32 Å². The van der Waals surface area contributed by atoms with Crippen molar-refractivity contribution in [1.82, 2.24) is 4.90 Å². The summed E-state index contributed by atoms with van der Waals surface area (Å²) in [4.78, 5) is 37.6. The lowest BCUT2D eigenvalue weighted by atomic mass is 9.96. The van der Waals surface area contributed by atoms with E-state index in [1.807, 2.05) is 11.8 Å². The molecule has 1 aliphatic heterocycles. The molecule has 1 unspecified atom stereocenters. The molecular weight excluding hydrogens is 308 g/mol. The summed E-state index contributed by atoms with van der Waals surface area (Å²) in [5.41, 5.74) is 1.48. The van der Waals surface area contributed by atoms with E-state index in [1.54, 1.807) is 6.07 Å². The van der Waals surface area contributed by atoms with Gasteiger partial charge in [0.1, 0.15) is 0 Å². The molecule has 2 amide bonds. The van der Waals surface area contributed by atoms with Crippen molar-refractivity contribution in [2.75, 3.05) is 18.4 Å². The molecule has 128 valence electrons. The fraction of sp³-hybridized carbons (Fsp3) is 0.500. The number of nitrogens with one attached hydrogen (secondary N) is 1. The van der Waals surface area contributed by atoms with Gasteiger partial charge in [0, 0.05) is 24.7 Å². The van der Waals surface area contributed by atoms with Crippen molar-refractivity contribution in [3.05, 3.63) is 29.3 Å². The minimum atomic E-state index is -1.02. The van der Waals surface area contributed by atoms with Crippen molar-refractivity contribution in [2.24, 2.45) is 11.8 Å². The highest BCUT2D eigenvalue weighted by Crippen LogP contribution is 2.32. The van der Waals surface area contributed by atoms with Gasteiger partial charge < -0.3 is 15.3 Å². The van der Waals surface area contributed by atoms with Crippen LogP contribution in [0, 0.1) is 18.8 Å². The molecule has 1 aliphatic carbocycles. The molecule has 0 bridgehead atoms. The van der Waals surface area contributed by atoms with Gasteiger partial charge in [0.25, 0.3) is 0 Å². The number of nitrogens with zero attached hydrogens (tertiary/aromatic N) is 1. The van der Waals surface area contributed by atoms with Crippen LogP contribution in [0.15, 0.2) is 18.2 Å². The molecule has 1 atom stereocenters. The first-order valence-electron chi connectivity index (χ1n) is 8.39. The highest BCUT2D eigenvalue weighted by Gasteiger charge is 2.36. The molecule has 1 saturated heterocycles. The Balaban J connectivity index is 1.67. The molecule has 2 fully saturated rings. The third kappa shape index (κ3) is 3.58. The number of hydrogen-bond acceptors (Lipinski definition) is 3. The van der Waals surface area contributed by atoms with Crippen molar-refractivity contribution in [3.8, 4) is 0 Å². The standard InChI is InChI=1S/C18H22N2O4/c1-11-4-5-13(18(23)24)9-15(11)19-16(21)14-3-2-8-20(10-14)17(22)12-6-7-12/h4-5,9,12,14H,2-3,6-8,10H2,1H3,(H,19,21)(H,23,24). The Bertz CT molecular complexity index is 682. The van der Waals surface area contributed by atoms with Gasteiger partial charge in [0.2, 0.25) is 11.8 Å². The fourth-order valence-electron chi connectivity index (χ4n) is 3.10. The highest BCUT2D eigenvalue weighted by atomic mass is 16.4. The normalized spacial score (nSPS) is 20.5. The Morgan fingerprint density at radius 2 is 1.92 bits per heavy atom. The van der Waals surface area contributed by atoms with E-state index < -0.39 is 5.97 Å². The van der Waals surface area contributed by atoms with Gasteiger partial charge in [-0.2, -0.15) is 0 Å². The molecule has 2 N–H and O–H groups in total. The average molecular weight is 330 g/mol. The number of likely N-dealkylation sites (tertiary alicyclic amines) is 1. The van der Waals surface area contributed by atoms with E-state index in [1.165, 1.54) is 12.1 Å². The number of benzene rings is 1. The third-order valence-corrected chi connectivity index (χ3v) is 4.77. The van der Waals surface area contributed by atoms with Crippen LogP contribution in [0.25, 0.3) is 0 Å². The van der Waals surface area contributed by atoms with Crippen LogP contribution < -0.4 is 5.32 Å². The van der Waals surface area contributed by atoms with Crippen molar-refractivity contribution >= 4 is 23.5 Å². The fourth-order valence-corrected chi connectivity index (χ4v) is 3.10. The molecule has 6 heteroatoms. The zero-order valence-electron chi connectivity index (χ0n) is 13.7. The van der Waals surface area contributed by atoms with Crippen LogP contribution in [0.3, 0.4) is 0 Å². The summed E-state index contributed by atoms with van der Waals surface area (Å²) in [5.74, 6) is -1.06. The van der Waals surface area contributed by atoms with Gasteiger partial charge in [-0.3, -0.25) is 9.59 Å². The molecule has 3 rings (SSSR count). The number of aryl methyl sites for hydroxylation is 1. The van der Waals surface area contributed by atoms with Gasteiger partial charge in [0.15, 0.2) is 0 Å². The quantitative estimate of drug-likeness (QED) is 0.887. The Morgan fingerprint density at radius 3 is 2.58 bits per heavy atom. The lowest BCUT2D eigenvalue weighted by Gasteiger charge is -2.32. The molecule has 0 spiro atoms. The number of hydrogen-bond donors (Lipinski definition) is 2. The predicted octanol–water partition coefficient (Wildman–Crippen LogP) is 2.28.